The molecule has 0 radical (unpaired) electrons. The van der Waals surface area contributed by atoms with Crippen molar-refractivity contribution in [1.82, 2.24) is 5.01 Å². The van der Waals surface area contributed by atoms with E-state index >= 15 is 0 Å². The third-order valence-electron chi connectivity index (χ3n) is 4.74. The lowest BCUT2D eigenvalue weighted by atomic mass is 9.87. The SMILES string of the molecule is CN(/[N+]([O-])=N/OC1CCC(C(=O)OCC[N+](C)(C)C)CC1)C(C)(C)C.O=C([O-])C(F)(F)F. The molecule has 1 rings (SSSR count). The van der Waals surface area contributed by atoms with Gasteiger partial charge in [0.2, 0.25) is 5.28 Å². The normalized spacial score (nSPS) is 20.0. The standard InChI is InChI=1S/C17H35N4O4.C2HF3O2/c1-17(2,3)19(4)20(23)18-25-15-10-8-14(9-11-15)16(22)24-13-12-21(5,6)7;3-2(4,5)1(6)7/h14-15H,8-13H2,1-7H3;(H,6,7)/q+1;/p-1/b20-18-;. The van der Waals surface area contributed by atoms with Gasteiger partial charge in [-0.25, -0.2) is 0 Å². The van der Waals surface area contributed by atoms with Gasteiger partial charge < -0.3 is 29.2 Å². The molecule has 13 heteroatoms. The molecule has 0 saturated heterocycles. The summed E-state index contributed by atoms with van der Waals surface area (Å²) in [5, 5.41) is 25.8. The van der Waals surface area contributed by atoms with E-state index in [0.29, 0.717) is 37.3 Å². The Morgan fingerprint density at radius 2 is 1.59 bits per heavy atom. The average Bonchev–Trinajstić information content (AvgIpc) is 2.63. The molecule has 10 nitrogen and oxygen atoms in total. The van der Waals surface area contributed by atoms with Crippen molar-refractivity contribution in [3.63, 3.8) is 0 Å². The molecule has 0 unspecified atom stereocenters. The Hall–Kier alpha value is -2.31. The molecule has 188 valence electrons. The molecule has 1 saturated carbocycles. The zero-order valence-corrected chi connectivity index (χ0v) is 19.8. The maximum Gasteiger partial charge on any atom is 0.430 e. The number of hydrazine groups is 1. The number of carboxylic acid groups (broad SMARTS) is 1. The monoisotopic (exact) mass is 472 g/mol. The first-order chi connectivity index (χ1) is 14.3. The lowest BCUT2D eigenvalue weighted by Gasteiger charge is -2.28. The number of hydrogen-bond acceptors (Lipinski definition) is 7. The van der Waals surface area contributed by atoms with Crippen molar-refractivity contribution in [3.8, 4) is 0 Å². The highest BCUT2D eigenvalue weighted by molar-refractivity contribution is 5.72. The minimum Gasteiger partial charge on any atom is -0.569 e. The van der Waals surface area contributed by atoms with Crippen LogP contribution in [0.25, 0.3) is 0 Å². The van der Waals surface area contributed by atoms with Crippen molar-refractivity contribution >= 4 is 11.9 Å². The summed E-state index contributed by atoms with van der Waals surface area (Å²) in [6.07, 6.45) is -2.51. The van der Waals surface area contributed by atoms with Gasteiger partial charge in [0.15, 0.2) is 0 Å². The van der Waals surface area contributed by atoms with Gasteiger partial charge in [0.25, 0.3) is 0 Å². The molecule has 0 N–H and O–H groups in total. The van der Waals surface area contributed by atoms with Crippen LogP contribution in [0.2, 0.25) is 0 Å². The van der Waals surface area contributed by atoms with Crippen LogP contribution >= 0.6 is 0 Å². The molecule has 0 aromatic rings. The van der Waals surface area contributed by atoms with Crippen LogP contribution in [0, 0.1) is 11.1 Å². The molecule has 0 aromatic heterocycles. The van der Waals surface area contributed by atoms with Crippen LogP contribution in [0.1, 0.15) is 46.5 Å². The van der Waals surface area contributed by atoms with Crippen LogP contribution in [0.5, 0.6) is 0 Å². The van der Waals surface area contributed by atoms with Crippen LogP contribution in [-0.2, 0) is 19.2 Å². The van der Waals surface area contributed by atoms with Crippen molar-refractivity contribution in [3.05, 3.63) is 5.21 Å². The quantitative estimate of drug-likeness (QED) is 0.182. The van der Waals surface area contributed by atoms with Gasteiger partial charge in [-0.3, -0.25) is 4.79 Å². The fourth-order valence-electron chi connectivity index (χ4n) is 2.36. The fourth-order valence-corrected chi connectivity index (χ4v) is 2.36. The number of esters is 1. The molecule has 0 atom stereocenters. The number of quaternary nitrogens is 1. The summed E-state index contributed by atoms with van der Waals surface area (Å²) >= 11 is 0. The number of carboxylic acids is 1. The number of ether oxygens (including phenoxy) is 1. The van der Waals surface area contributed by atoms with Crippen LogP contribution < -0.4 is 5.11 Å². The Bertz CT molecular complexity index is 636. The summed E-state index contributed by atoms with van der Waals surface area (Å²) in [7, 11) is 7.87. The topological polar surface area (TPSA) is 117 Å². The highest BCUT2D eigenvalue weighted by Crippen LogP contribution is 2.27. The van der Waals surface area contributed by atoms with Gasteiger partial charge in [-0.2, -0.15) is 13.2 Å². The van der Waals surface area contributed by atoms with Crippen LogP contribution in [-0.4, -0.2) is 85.6 Å². The Balaban J connectivity index is 0.00000118. The first-order valence-corrected chi connectivity index (χ1v) is 10.2. The van der Waals surface area contributed by atoms with Gasteiger partial charge in [0, 0.05) is 0 Å². The van der Waals surface area contributed by atoms with Crippen molar-refractivity contribution in [2.75, 3.05) is 41.3 Å². The molecule has 0 bridgehead atoms. The van der Waals surface area contributed by atoms with E-state index in [2.05, 4.69) is 26.4 Å². The van der Waals surface area contributed by atoms with E-state index < -0.39 is 12.1 Å². The Kier molecular flexibility index (Phi) is 11.2. The predicted molar refractivity (Wildman–Crippen MR) is 105 cm³/mol. The van der Waals surface area contributed by atoms with E-state index in [1.165, 1.54) is 5.01 Å². The summed E-state index contributed by atoms with van der Waals surface area (Å²) in [4.78, 5) is 26.7. The zero-order chi connectivity index (χ0) is 25.3. The number of carbonyl (C=O) groups excluding carboxylic acids is 2. The summed E-state index contributed by atoms with van der Waals surface area (Å²) < 4.78 is 37.7. The first kappa shape index (κ1) is 29.7. The third-order valence-corrected chi connectivity index (χ3v) is 4.74. The Morgan fingerprint density at radius 1 is 1.12 bits per heavy atom. The van der Waals surface area contributed by atoms with Crippen molar-refractivity contribution in [2.24, 2.45) is 11.2 Å². The predicted octanol–water partition coefficient (Wildman–Crippen LogP) is 1.63. The fraction of sp³-hybridized carbons (Fsp3) is 0.895. The molecule has 0 spiro atoms. The number of nitrogens with zero attached hydrogens (tertiary/aromatic N) is 4. The smallest absolute Gasteiger partial charge is 0.430 e. The van der Waals surface area contributed by atoms with E-state index in [-0.39, 0.29) is 23.5 Å². The number of alkyl halides is 3. The number of halogens is 3. The van der Waals surface area contributed by atoms with E-state index in [1.807, 2.05) is 20.8 Å². The minimum absolute atomic E-state index is 0.0760. The molecule has 0 aromatic carbocycles. The highest BCUT2D eigenvalue weighted by atomic mass is 19.4. The lowest BCUT2D eigenvalue weighted by molar-refractivity contribution is -0.870. The van der Waals surface area contributed by atoms with Crippen molar-refractivity contribution in [1.29, 1.82) is 0 Å². The van der Waals surface area contributed by atoms with Gasteiger partial charge in [-0.15, -0.1) is 5.01 Å². The molecule has 0 aliphatic heterocycles. The lowest BCUT2D eigenvalue weighted by Crippen LogP contribution is -2.42. The average molecular weight is 473 g/mol. The number of hydrogen-bond donors (Lipinski definition) is 0. The van der Waals surface area contributed by atoms with Crippen LogP contribution in [0.3, 0.4) is 0 Å². The minimum atomic E-state index is -5.19. The van der Waals surface area contributed by atoms with Gasteiger partial charge in [0.05, 0.1) is 44.6 Å². The number of likely N-dealkylation sites (N-methyl/N-ethyl adjacent to an activating group) is 1. The van der Waals surface area contributed by atoms with Gasteiger partial charge >= 0.3 is 12.1 Å². The highest BCUT2D eigenvalue weighted by Gasteiger charge is 2.30. The first-order valence-electron chi connectivity index (χ1n) is 10.2. The maximum absolute atomic E-state index is 12.1. The van der Waals surface area contributed by atoms with Crippen molar-refractivity contribution < 1.29 is 46.9 Å². The van der Waals surface area contributed by atoms with Crippen LogP contribution in [0.15, 0.2) is 5.28 Å². The summed E-state index contributed by atoms with van der Waals surface area (Å²) in [6.45, 7) is 7.00. The summed E-state index contributed by atoms with van der Waals surface area (Å²) in [6, 6.07) is 0. The van der Waals surface area contributed by atoms with Gasteiger partial charge in [-0.1, -0.05) is 0 Å². The second kappa shape index (κ2) is 12.1. The number of rotatable bonds is 7. The maximum atomic E-state index is 12.1. The Morgan fingerprint density at radius 3 is 1.97 bits per heavy atom. The largest absolute Gasteiger partial charge is 0.569 e. The van der Waals surface area contributed by atoms with Gasteiger partial charge in [-0.05, 0) is 46.5 Å². The molecule has 1 aliphatic carbocycles. The second-order valence-corrected chi connectivity index (χ2v) is 9.57. The molecule has 32 heavy (non-hydrogen) atoms. The van der Waals surface area contributed by atoms with Crippen LogP contribution in [0.4, 0.5) is 13.2 Å². The molecule has 0 heterocycles. The summed E-state index contributed by atoms with van der Waals surface area (Å²) in [5.74, 6) is -3.21. The molecular weight excluding hydrogens is 437 g/mol. The van der Waals surface area contributed by atoms with Crippen molar-refractivity contribution in [2.45, 2.75) is 64.3 Å². The van der Waals surface area contributed by atoms with E-state index in [4.69, 9.17) is 19.5 Å². The van der Waals surface area contributed by atoms with E-state index in [9.17, 15) is 23.2 Å². The molecule has 1 aliphatic rings. The summed E-state index contributed by atoms with van der Waals surface area (Å²) in [5.41, 5.74) is -0.332. The zero-order valence-electron chi connectivity index (χ0n) is 19.8. The molecule has 0 amide bonds. The van der Waals surface area contributed by atoms with Gasteiger partial charge in [0.1, 0.15) is 25.2 Å². The van der Waals surface area contributed by atoms with E-state index in [1.54, 1.807) is 7.05 Å². The van der Waals surface area contributed by atoms with E-state index in [0.717, 1.165) is 11.0 Å². The molecular formula is C19H35F3N4O6. The second-order valence-electron chi connectivity index (χ2n) is 9.57. The number of aliphatic carboxylic acids is 1. The molecule has 1 fully saturated rings. The Labute approximate surface area is 186 Å². The third kappa shape index (κ3) is 12.5. The number of carbonyl (C=O) groups is 2.